The van der Waals surface area contributed by atoms with E-state index in [-0.39, 0.29) is 5.38 Å². The molecule has 0 amide bonds. The van der Waals surface area contributed by atoms with Crippen molar-refractivity contribution < 1.29 is 4.74 Å². The van der Waals surface area contributed by atoms with Gasteiger partial charge in [-0.1, -0.05) is 18.9 Å². The Morgan fingerprint density at radius 2 is 2.00 bits per heavy atom. The first kappa shape index (κ1) is 14.7. The van der Waals surface area contributed by atoms with Gasteiger partial charge in [0.25, 0.3) is 0 Å². The first-order valence-electron chi connectivity index (χ1n) is 7.82. The van der Waals surface area contributed by atoms with Crippen molar-refractivity contribution in [2.45, 2.75) is 50.9 Å². The van der Waals surface area contributed by atoms with E-state index >= 15 is 0 Å². The van der Waals surface area contributed by atoms with Gasteiger partial charge in [0, 0.05) is 6.04 Å². The fourth-order valence-electron chi connectivity index (χ4n) is 3.63. The van der Waals surface area contributed by atoms with Crippen LogP contribution in [0.15, 0.2) is 18.2 Å². The first-order chi connectivity index (χ1) is 10.1. The van der Waals surface area contributed by atoms with E-state index in [1.807, 2.05) is 19.1 Å². The molecule has 0 N–H and O–H groups in total. The third kappa shape index (κ3) is 2.52. The molecule has 2 atom stereocenters. The lowest BCUT2D eigenvalue weighted by atomic mass is 9.99. The molecular weight excluding hydrogens is 284 g/mol. The zero-order valence-electron chi connectivity index (χ0n) is 13.0. The van der Waals surface area contributed by atoms with Crippen molar-refractivity contribution in [2.75, 3.05) is 7.11 Å². The maximum absolute atomic E-state index is 6.40. The van der Waals surface area contributed by atoms with Gasteiger partial charge in [0.05, 0.1) is 18.0 Å². The Balaban J connectivity index is 2.16. The van der Waals surface area contributed by atoms with E-state index in [4.69, 9.17) is 21.3 Å². The van der Waals surface area contributed by atoms with E-state index in [1.165, 1.54) is 25.7 Å². The number of alkyl halides is 1. The number of para-hydroxylation sites is 1. The zero-order valence-corrected chi connectivity index (χ0v) is 13.7. The number of hydrogen-bond donors (Lipinski definition) is 0. The van der Waals surface area contributed by atoms with Crippen LogP contribution in [-0.4, -0.2) is 16.7 Å². The Morgan fingerprint density at radius 3 is 2.62 bits per heavy atom. The maximum Gasteiger partial charge on any atom is 0.146 e. The molecule has 2 unspecified atom stereocenters. The summed E-state index contributed by atoms with van der Waals surface area (Å²) >= 11 is 6.40. The zero-order chi connectivity index (χ0) is 15.0. The molecule has 1 aliphatic rings. The molecule has 21 heavy (non-hydrogen) atoms. The minimum absolute atomic E-state index is 0.106. The Morgan fingerprint density at radius 1 is 1.29 bits per heavy atom. The predicted molar refractivity (Wildman–Crippen MR) is 87.2 cm³/mol. The van der Waals surface area contributed by atoms with Gasteiger partial charge in [-0.05, 0) is 44.7 Å². The minimum Gasteiger partial charge on any atom is -0.494 e. The molecule has 1 saturated carbocycles. The van der Waals surface area contributed by atoms with Crippen LogP contribution in [0.4, 0.5) is 0 Å². The van der Waals surface area contributed by atoms with Crippen LogP contribution < -0.4 is 4.74 Å². The second kappa shape index (κ2) is 5.88. The highest BCUT2D eigenvalue weighted by molar-refractivity contribution is 6.20. The summed E-state index contributed by atoms with van der Waals surface area (Å²) in [6.07, 6.45) is 5.30. The molecule has 3 nitrogen and oxygen atoms in total. The van der Waals surface area contributed by atoms with Gasteiger partial charge in [-0.2, -0.15) is 0 Å². The van der Waals surface area contributed by atoms with Crippen LogP contribution in [0.1, 0.15) is 56.8 Å². The number of ether oxygens (including phenoxy) is 1. The number of aromatic nitrogens is 2. The molecule has 0 radical (unpaired) electrons. The third-order valence-corrected chi connectivity index (χ3v) is 4.97. The molecule has 3 rings (SSSR count). The van der Waals surface area contributed by atoms with Crippen molar-refractivity contribution in [3.63, 3.8) is 0 Å². The number of hydrogen-bond acceptors (Lipinski definition) is 2. The normalized spacial score (nSPS) is 19.0. The highest BCUT2D eigenvalue weighted by Crippen LogP contribution is 2.39. The quantitative estimate of drug-likeness (QED) is 0.735. The van der Waals surface area contributed by atoms with Gasteiger partial charge < -0.3 is 9.30 Å². The van der Waals surface area contributed by atoms with Gasteiger partial charge in [-0.15, -0.1) is 11.6 Å². The molecule has 1 aromatic carbocycles. The fraction of sp³-hybridized carbons (Fsp3) is 0.588. The summed E-state index contributed by atoms with van der Waals surface area (Å²) in [5.41, 5.74) is 2.06. The van der Waals surface area contributed by atoms with E-state index in [1.54, 1.807) is 7.11 Å². The number of imidazole rings is 1. The predicted octanol–water partition coefficient (Wildman–Crippen LogP) is 5.10. The molecule has 1 aromatic heterocycles. The number of fused-ring (bicyclic) bond motifs is 1. The van der Waals surface area contributed by atoms with Gasteiger partial charge >= 0.3 is 0 Å². The Hall–Kier alpha value is -1.22. The Labute approximate surface area is 131 Å². The van der Waals surface area contributed by atoms with Crippen molar-refractivity contribution in [1.29, 1.82) is 0 Å². The van der Waals surface area contributed by atoms with Gasteiger partial charge in [0.15, 0.2) is 0 Å². The molecule has 0 aliphatic heterocycles. The molecule has 114 valence electrons. The Bertz CT molecular complexity index is 629. The molecule has 0 bridgehead atoms. The number of nitrogens with zero attached hydrogens (tertiary/aromatic N) is 2. The second-order valence-electron chi connectivity index (χ2n) is 6.07. The average Bonchev–Trinajstić information content (AvgIpc) is 3.13. The lowest BCUT2D eigenvalue weighted by Crippen LogP contribution is -2.17. The molecule has 0 spiro atoms. The molecule has 0 saturated heterocycles. The summed E-state index contributed by atoms with van der Waals surface area (Å²) < 4.78 is 7.80. The van der Waals surface area contributed by atoms with Crippen molar-refractivity contribution in [3.8, 4) is 5.75 Å². The van der Waals surface area contributed by atoms with Crippen LogP contribution in [0.2, 0.25) is 0 Å². The number of halogens is 1. The van der Waals surface area contributed by atoms with Gasteiger partial charge in [-0.25, -0.2) is 4.98 Å². The summed E-state index contributed by atoms with van der Waals surface area (Å²) in [5, 5.41) is -0.106. The van der Waals surface area contributed by atoms with E-state index in [0.29, 0.717) is 6.04 Å². The van der Waals surface area contributed by atoms with Gasteiger partial charge in [-0.3, -0.25) is 0 Å². The summed E-state index contributed by atoms with van der Waals surface area (Å²) in [6, 6.07) is 6.55. The summed E-state index contributed by atoms with van der Waals surface area (Å²) in [7, 11) is 1.69. The molecule has 1 heterocycles. The van der Waals surface area contributed by atoms with Crippen LogP contribution in [0.5, 0.6) is 5.75 Å². The van der Waals surface area contributed by atoms with E-state index in [2.05, 4.69) is 17.6 Å². The summed E-state index contributed by atoms with van der Waals surface area (Å²) in [5.74, 6) is 2.50. The lowest BCUT2D eigenvalue weighted by molar-refractivity contribution is 0.359. The second-order valence-corrected chi connectivity index (χ2v) is 6.72. The first-order valence-corrected chi connectivity index (χ1v) is 8.26. The molecular formula is C17H23ClN2O. The lowest BCUT2D eigenvalue weighted by Gasteiger charge is -2.24. The van der Waals surface area contributed by atoms with E-state index in [9.17, 15) is 0 Å². The van der Waals surface area contributed by atoms with Crippen molar-refractivity contribution in [2.24, 2.45) is 5.92 Å². The van der Waals surface area contributed by atoms with Crippen LogP contribution in [0.3, 0.4) is 0 Å². The van der Waals surface area contributed by atoms with Crippen LogP contribution in [-0.2, 0) is 0 Å². The SMILES string of the molecule is COc1cccc2c1nc(C(C)Cl)n2C(C)C1CCCC1. The number of methoxy groups -OCH3 is 1. The highest BCUT2D eigenvalue weighted by Gasteiger charge is 2.28. The smallest absolute Gasteiger partial charge is 0.146 e. The van der Waals surface area contributed by atoms with Crippen LogP contribution >= 0.6 is 11.6 Å². The van der Waals surface area contributed by atoms with Crippen molar-refractivity contribution >= 4 is 22.6 Å². The standard InChI is InChI=1S/C17H23ClN2O/c1-11(18)17-19-16-14(9-6-10-15(16)21-3)20(17)12(2)13-7-4-5-8-13/h6,9-13H,4-5,7-8H2,1-3H3. The molecule has 1 aliphatic carbocycles. The largest absolute Gasteiger partial charge is 0.494 e. The topological polar surface area (TPSA) is 27.1 Å². The summed E-state index contributed by atoms with van der Waals surface area (Å²) in [6.45, 7) is 4.30. The van der Waals surface area contributed by atoms with E-state index in [0.717, 1.165) is 28.5 Å². The Kier molecular flexibility index (Phi) is 4.12. The number of rotatable bonds is 4. The van der Waals surface area contributed by atoms with Crippen molar-refractivity contribution in [1.82, 2.24) is 9.55 Å². The highest BCUT2D eigenvalue weighted by atomic mass is 35.5. The molecule has 2 aromatic rings. The minimum atomic E-state index is -0.106. The van der Waals surface area contributed by atoms with Crippen molar-refractivity contribution in [3.05, 3.63) is 24.0 Å². The fourth-order valence-corrected chi connectivity index (χ4v) is 3.79. The summed E-state index contributed by atoms with van der Waals surface area (Å²) in [4.78, 5) is 4.78. The molecule has 1 fully saturated rings. The monoisotopic (exact) mass is 306 g/mol. The molecule has 4 heteroatoms. The van der Waals surface area contributed by atoms with Crippen LogP contribution in [0, 0.1) is 5.92 Å². The van der Waals surface area contributed by atoms with Crippen LogP contribution in [0.25, 0.3) is 11.0 Å². The van der Waals surface area contributed by atoms with Gasteiger partial charge in [0.1, 0.15) is 17.1 Å². The average molecular weight is 307 g/mol. The third-order valence-electron chi connectivity index (χ3n) is 4.78. The number of benzene rings is 1. The maximum atomic E-state index is 6.40. The van der Waals surface area contributed by atoms with Gasteiger partial charge in [0.2, 0.25) is 0 Å². The van der Waals surface area contributed by atoms with E-state index < -0.39 is 0 Å².